The molecule has 0 saturated heterocycles. The number of ether oxygens (including phenoxy) is 1. The summed E-state index contributed by atoms with van der Waals surface area (Å²) in [6.45, 7) is 2.59. The van der Waals surface area contributed by atoms with Gasteiger partial charge < -0.3 is 10.1 Å². The molecule has 1 aromatic rings. The molecular formula is C11H15BrN2O3. The summed E-state index contributed by atoms with van der Waals surface area (Å²) in [5.41, 5.74) is 0.602. The van der Waals surface area contributed by atoms with Crippen LogP contribution in [-0.2, 0) is 4.74 Å². The number of anilines is 1. The lowest BCUT2D eigenvalue weighted by Crippen LogP contribution is -2.17. The van der Waals surface area contributed by atoms with E-state index in [2.05, 4.69) is 21.2 Å². The SMILES string of the molecule is COCCC(C)Nc1ccc(Br)cc1[N+](=O)[O-]. The highest BCUT2D eigenvalue weighted by Gasteiger charge is 2.15. The van der Waals surface area contributed by atoms with Crippen LogP contribution in [0.2, 0.25) is 0 Å². The largest absolute Gasteiger partial charge is 0.385 e. The van der Waals surface area contributed by atoms with Crippen molar-refractivity contribution < 1.29 is 9.66 Å². The first-order chi connectivity index (χ1) is 8.04. The van der Waals surface area contributed by atoms with Crippen LogP contribution in [0.1, 0.15) is 13.3 Å². The molecule has 1 aromatic carbocycles. The minimum Gasteiger partial charge on any atom is -0.385 e. The third kappa shape index (κ3) is 4.32. The van der Waals surface area contributed by atoms with E-state index in [0.29, 0.717) is 16.8 Å². The number of halogens is 1. The summed E-state index contributed by atoms with van der Waals surface area (Å²) in [5, 5.41) is 14.0. The van der Waals surface area contributed by atoms with E-state index < -0.39 is 4.92 Å². The molecule has 6 heteroatoms. The summed E-state index contributed by atoms with van der Waals surface area (Å²) in [7, 11) is 1.63. The predicted octanol–water partition coefficient (Wildman–Crippen LogP) is 3.19. The summed E-state index contributed by atoms with van der Waals surface area (Å²) in [5.74, 6) is 0. The van der Waals surface area contributed by atoms with Gasteiger partial charge in [-0.3, -0.25) is 10.1 Å². The smallest absolute Gasteiger partial charge is 0.293 e. The van der Waals surface area contributed by atoms with E-state index in [9.17, 15) is 10.1 Å². The minimum atomic E-state index is -0.393. The van der Waals surface area contributed by atoms with E-state index >= 15 is 0 Å². The fourth-order valence-electron chi connectivity index (χ4n) is 1.41. The molecule has 0 saturated carbocycles. The Labute approximate surface area is 108 Å². The fourth-order valence-corrected chi connectivity index (χ4v) is 1.76. The Bertz CT molecular complexity index is 398. The van der Waals surface area contributed by atoms with E-state index in [4.69, 9.17) is 4.74 Å². The summed E-state index contributed by atoms with van der Waals surface area (Å²) >= 11 is 3.22. The Balaban J connectivity index is 2.79. The van der Waals surface area contributed by atoms with Crippen LogP contribution in [0.15, 0.2) is 22.7 Å². The lowest BCUT2D eigenvalue weighted by molar-refractivity contribution is -0.384. The van der Waals surface area contributed by atoms with Crippen molar-refractivity contribution >= 4 is 27.3 Å². The first-order valence-corrected chi connectivity index (χ1v) is 6.03. The molecule has 0 amide bonds. The molecule has 1 N–H and O–H groups in total. The lowest BCUT2D eigenvalue weighted by atomic mass is 10.2. The van der Waals surface area contributed by atoms with Crippen LogP contribution >= 0.6 is 15.9 Å². The van der Waals surface area contributed by atoms with Gasteiger partial charge in [-0.2, -0.15) is 0 Å². The molecule has 1 rings (SSSR count). The summed E-state index contributed by atoms with van der Waals surface area (Å²) < 4.78 is 5.66. The molecule has 0 bridgehead atoms. The van der Waals surface area contributed by atoms with Gasteiger partial charge in [0, 0.05) is 30.3 Å². The van der Waals surface area contributed by atoms with Gasteiger partial charge in [0.25, 0.3) is 5.69 Å². The maximum atomic E-state index is 10.9. The van der Waals surface area contributed by atoms with E-state index in [1.807, 2.05) is 6.92 Å². The normalized spacial score (nSPS) is 12.2. The summed E-state index contributed by atoms with van der Waals surface area (Å²) in [4.78, 5) is 10.5. The molecule has 1 unspecified atom stereocenters. The standard InChI is InChI=1S/C11H15BrN2O3/c1-8(5-6-17-2)13-10-4-3-9(12)7-11(10)14(15)16/h3-4,7-8,13H,5-6H2,1-2H3. The van der Waals surface area contributed by atoms with Crippen molar-refractivity contribution in [2.45, 2.75) is 19.4 Å². The molecule has 0 fully saturated rings. The number of methoxy groups -OCH3 is 1. The maximum absolute atomic E-state index is 10.9. The monoisotopic (exact) mass is 302 g/mol. The van der Waals surface area contributed by atoms with Gasteiger partial charge in [0.2, 0.25) is 0 Å². The number of nitrogens with zero attached hydrogens (tertiary/aromatic N) is 1. The van der Waals surface area contributed by atoms with E-state index in [1.165, 1.54) is 6.07 Å². The van der Waals surface area contributed by atoms with Gasteiger partial charge in [0.05, 0.1) is 4.92 Å². The first-order valence-electron chi connectivity index (χ1n) is 5.24. The molecule has 0 spiro atoms. The van der Waals surface area contributed by atoms with Crippen molar-refractivity contribution in [3.05, 3.63) is 32.8 Å². The second-order valence-electron chi connectivity index (χ2n) is 3.75. The van der Waals surface area contributed by atoms with E-state index in [-0.39, 0.29) is 11.7 Å². The van der Waals surface area contributed by atoms with Gasteiger partial charge in [-0.25, -0.2) is 0 Å². The third-order valence-electron chi connectivity index (χ3n) is 2.31. The Hall–Kier alpha value is -1.14. The molecule has 0 aliphatic rings. The van der Waals surface area contributed by atoms with E-state index in [0.717, 1.165) is 6.42 Å². The van der Waals surface area contributed by atoms with Crippen LogP contribution in [0.25, 0.3) is 0 Å². The van der Waals surface area contributed by atoms with Crippen LogP contribution < -0.4 is 5.32 Å². The number of rotatable bonds is 6. The van der Waals surface area contributed by atoms with Crippen LogP contribution in [0.4, 0.5) is 11.4 Å². The van der Waals surface area contributed by atoms with Gasteiger partial charge >= 0.3 is 0 Å². The number of hydrogen-bond acceptors (Lipinski definition) is 4. The molecular weight excluding hydrogens is 288 g/mol. The van der Waals surface area contributed by atoms with Crippen molar-refractivity contribution in [2.24, 2.45) is 0 Å². The quantitative estimate of drug-likeness (QED) is 0.647. The fraction of sp³-hybridized carbons (Fsp3) is 0.455. The van der Waals surface area contributed by atoms with Crippen LogP contribution in [0.3, 0.4) is 0 Å². The van der Waals surface area contributed by atoms with Gasteiger partial charge in [0.1, 0.15) is 5.69 Å². The Morgan fingerprint density at radius 2 is 2.29 bits per heavy atom. The van der Waals surface area contributed by atoms with Crippen molar-refractivity contribution in [3.8, 4) is 0 Å². The predicted molar refractivity (Wildman–Crippen MR) is 70.4 cm³/mol. The molecule has 0 aliphatic carbocycles. The zero-order chi connectivity index (χ0) is 12.8. The molecule has 0 heterocycles. The first kappa shape index (κ1) is 13.9. The molecule has 0 radical (unpaired) electrons. The van der Waals surface area contributed by atoms with Crippen molar-refractivity contribution in [1.82, 2.24) is 0 Å². The van der Waals surface area contributed by atoms with Crippen LogP contribution in [-0.4, -0.2) is 24.7 Å². The van der Waals surface area contributed by atoms with Gasteiger partial charge in [0.15, 0.2) is 0 Å². The molecule has 1 atom stereocenters. The van der Waals surface area contributed by atoms with Crippen molar-refractivity contribution in [3.63, 3.8) is 0 Å². The summed E-state index contributed by atoms with van der Waals surface area (Å²) in [6, 6.07) is 5.09. The Morgan fingerprint density at radius 1 is 1.59 bits per heavy atom. The number of benzene rings is 1. The minimum absolute atomic E-state index is 0.0728. The highest BCUT2D eigenvalue weighted by atomic mass is 79.9. The highest BCUT2D eigenvalue weighted by molar-refractivity contribution is 9.10. The average Bonchev–Trinajstić information content (AvgIpc) is 2.28. The average molecular weight is 303 g/mol. The second-order valence-corrected chi connectivity index (χ2v) is 4.66. The van der Waals surface area contributed by atoms with Gasteiger partial charge in [-0.15, -0.1) is 0 Å². The second kappa shape index (κ2) is 6.56. The summed E-state index contributed by atoms with van der Waals surface area (Å²) in [6.07, 6.45) is 0.795. The number of nitro groups is 1. The zero-order valence-corrected chi connectivity index (χ0v) is 11.4. The van der Waals surface area contributed by atoms with Gasteiger partial charge in [-0.1, -0.05) is 15.9 Å². The number of nitrogens with one attached hydrogen (secondary N) is 1. The van der Waals surface area contributed by atoms with Gasteiger partial charge in [-0.05, 0) is 25.5 Å². The molecule has 0 aromatic heterocycles. The number of nitro benzene ring substituents is 1. The van der Waals surface area contributed by atoms with Crippen LogP contribution in [0.5, 0.6) is 0 Å². The van der Waals surface area contributed by atoms with Crippen LogP contribution in [0, 0.1) is 10.1 Å². The Morgan fingerprint density at radius 3 is 2.88 bits per heavy atom. The topological polar surface area (TPSA) is 64.4 Å². The zero-order valence-electron chi connectivity index (χ0n) is 9.77. The molecule has 94 valence electrons. The lowest BCUT2D eigenvalue weighted by Gasteiger charge is -2.14. The van der Waals surface area contributed by atoms with Crippen molar-refractivity contribution in [1.29, 1.82) is 0 Å². The van der Waals surface area contributed by atoms with E-state index in [1.54, 1.807) is 19.2 Å². The number of hydrogen-bond donors (Lipinski definition) is 1. The Kier molecular flexibility index (Phi) is 5.37. The highest BCUT2D eigenvalue weighted by Crippen LogP contribution is 2.28. The van der Waals surface area contributed by atoms with Crippen molar-refractivity contribution in [2.75, 3.05) is 19.0 Å². The third-order valence-corrected chi connectivity index (χ3v) is 2.81. The molecule has 17 heavy (non-hydrogen) atoms. The molecule has 5 nitrogen and oxygen atoms in total. The molecule has 0 aliphatic heterocycles. The maximum Gasteiger partial charge on any atom is 0.293 e.